The Hall–Kier alpha value is -3.25. The Morgan fingerprint density at radius 3 is 2.04 bits per heavy atom. The molecule has 2 aromatic heterocycles. The highest BCUT2D eigenvalue weighted by Crippen LogP contribution is 2.28. The molecule has 0 radical (unpaired) electrons. The van der Waals surface area contributed by atoms with Gasteiger partial charge < -0.3 is 9.47 Å². The lowest BCUT2D eigenvalue weighted by Gasteiger charge is -2.08. The van der Waals surface area contributed by atoms with Crippen LogP contribution in [0, 0.1) is 0 Å². The quantitative estimate of drug-likeness (QED) is 0.480. The second-order valence-corrected chi connectivity index (χ2v) is 6.65. The number of nitrogens with zero attached hydrogens (tertiary/aromatic N) is 4. The van der Waals surface area contributed by atoms with Crippen LogP contribution in [0.1, 0.15) is 0 Å². The number of methoxy groups -OCH3 is 2. The van der Waals surface area contributed by atoms with Gasteiger partial charge in [-0.3, -0.25) is 0 Å². The zero-order valence-corrected chi connectivity index (χ0v) is 16.3. The van der Waals surface area contributed by atoms with E-state index in [1.165, 1.54) is 0 Å². The summed E-state index contributed by atoms with van der Waals surface area (Å²) in [6.07, 6.45) is 3.39. The van der Waals surface area contributed by atoms with Gasteiger partial charge >= 0.3 is 0 Å². The van der Waals surface area contributed by atoms with E-state index in [1.54, 1.807) is 31.3 Å². The Bertz CT molecular complexity index is 1070. The van der Waals surface area contributed by atoms with Crippen LogP contribution >= 0.6 is 11.6 Å². The first-order valence-corrected chi connectivity index (χ1v) is 9.09. The van der Waals surface area contributed by atoms with Crippen LogP contribution < -0.4 is 9.47 Å². The minimum atomic E-state index is 0.449. The van der Waals surface area contributed by atoms with Crippen LogP contribution in [-0.2, 0) is 6.67 Å². The standard InChI is InChI=1S/C21H19ClN4O2/c1-27-18-7-3-15(4-8-18)20-11-21(16-5-9-19(28-2)10-6-16)26(24-20)14-25-13-17(22)12-23-25/h3-13H,14H2,1-2H3. The molecule has 0 aliphatic heterocycles. The van der Waals surface area contributed by atoms with Crippen molar-refractivity contribution in [2.24, 2.45) is 0 Å². The van der Waals surface area contributed by atoms with Gasteiger partial charge in [0.25, 0.3) is 0 Å². The molecule has 28 heavy (non-hydrogen) atoms. The lowest BCUT2D eigenvalue weighted by molar-refractivity contribution is 0.414. The summed E-state index contributed by atoms with van der Waals surface area (Å²) < 4.78 is 14.2. The Labute approximate surface area is 167 Å². The van der Waals surface area contributed by atoms with Crippen molar-refractivity contribution in [3.05, 3.63) is 72.0 Å². The highest BCUT2D eigenvalue weighted by Gasteiger charge is 2.13. The molecule has 0 saturated heterocycles. The van der Waals surface area contributed by atoms with Gasteiger partial charge in [0.15, 0.2) is 0 Å². The fourth-order valence-corrected chi connectivity index (χ4v) is 3.13. The van der Waals surface area contributed by atoms with E-state index in [2.05, 4.69) is 11.2 Å². The number of halogens is 1. The normalized spacial score (nSPS) is 10.8. The van der Waals surface area contributed by atoms with E-state index < -0.39 is 0 Å². The van der Waals surface area contributed by atoms with Crippen LogP contribution in [0.2, 0.25) is 5.02 Å². The van der Waals surface area contributed by atoms with Gasteiger partial charge in [0.05, 0.1) is 36.8 Å². The van der Waals surface area contributed by atoms with Crippen LogP contribution in [0.5, 0.6) is 11.5 Å². The lowest BCUT2D eigenvalue weighted by Crippen LogP contribution is -2.11. The van der Waals surface area contributed by atoms with Crippen LogP contribution in [0.4, 0.5) is 0 Å². The first-order chi connectivity index (χ1) is 13.7. The summed E-state index contributed by atoms with van der Waals surface area (Å²) in [6.45, 7) is 0.449. The molecule has 2 heterocycles. The second kappa shape index (κ2) is 7.78. The highest BCUT2D eigenvalue weighted by atomic mass is 35.5. The number of aromatic nitrogens is 4. The molecule has 0 N–H and O–H groups in total. The molecule has 4 rings (SSSR count). The fourth-order valence-electron chi connectivity index (χ4n) is 2.97. The maximum absolute atomic E-state index is 6.01. The maximum atomic E-state index is 6.01. The molecule has 0 aliphatic carbocycles. The van der Waals surface area contributed by atoms with Crippen molar-refractivity contribution in [2.45, 2.75) is 6.67 Å². The summed E-state index contributed by atoms with van der Waals surface area (Å²) in [7, 11) is 3.31. The van der Waals surface area contributed by atoms with E-state index in [1.807, 2.05) is 53.2 Å². The zero-order chi connectivity index (χ0) is 19.5. The molecule has 2 aromatic carbocycles. The monoisotopic (exact) mass is 394 g/mol. The Balaban J connectivity index is 1.75. The maximum Gasteiger partial charge on any atom is 0.133 e. The van der Waals surface area contributed by atoms with Crippen molar-refractivity contribution in [3.63, 3.8) is 0 Å². The van der Waals surface area contributed by atoms with Crippen LogP contribution in [0.25, 0.3) is 22.5 Å². The molecule has 0 atom stereocenters. The first-order valence-electron chi connectivity index (χ1n) is 8.71. The Kier molecular flexibility index (Phi) is 5.04. The Morgan fingerprint density at radius 1 is 0.893 bits per heavy atom. The van der Waals surface area contributed by atoms with Gasteiger partial charge in [-0.05, 0) is 54.6 Å². The lowest BCUT2D eigenvalue weighted by atomic mass is 10.1. The second-order valence-electron chi connectivity index (χ2n) is 6.21. The summed E-state index contributed by atoms with van der Waals surface area (Å²) in [5.74, 6) is 1.62. The van der Waals surface area contributed by atoms with E-state index in [9.17, 15) is 0 Å². The summed E-state index contributed by atoms with van der Waals surface area (Å²) in [6, 6.07) is 17.8. The van der Waals surface area contributed by atoms with E-state index in [4.69, 9.17) is 26.2 Å². The van der Waals surface area contributed by atoms with Crippen LogP contribution in [0.15, 0.2) is 67.0 Å². The number of ether oxygens (including phenoxy) is 2. The molecule has 142 valence electrons. The van der Waals surface area contributed by atoms with E-state index in [0.717, 1.165) is 34.0 Å². The third kappa shape index (κ3) is 3.73. The SMILES string of the molecule is COc1ccc(-c2cc(-c3ccc(OC)cc3)n(Cn3cc(Cl)cn3)n2)cc1. The van der Waals surface area contributed by atoms with Gasteiger partial charge in [0, 0.05) is 17.3 Å². The van der Waals surface area contributed by atoms with Crippen molar-refractivity contribution in [1.82, 2.24) is 19.6 Å². The molecule has 0 spiro atoms. The summed E-state index contributed by atoms with van der Waals surface area (Å²) >= 11 is 6.01. The smallest absolute Gasteiger partial charge is 0.133 e. The zero-order valence-electron chi connectivity index (χ0n) is 15.5. The molecule has 0 bridgehead atoms. The minimum Gasteiger partial charge on any atom is -0.497 e. The molecule has 0 saturated carbocycles. The van der Waals surface area contributed by atoms with Gasteiger partial charge in [-0.25, -0.2) is 9.36 Å². The number of hydrogen-bond acceptors (Lipinski definition) is 4. The van der Waals surface area contributed by atoms with E-state index in [-0.39, 0.29) is 0 Å². The molecule has 0 fully saturated rings. The van der Waals surface area contributed by atoms with Gasteiger partial charge in [0.1, 0.15) is 18.2 Å². The minimum absolute atomic E-state index is 0.449. The fraction of sp³-hybridized carbons (Fsp3) is 0.143. The molecule has 7 heteroatoms. The topological polar surface area (TPSA) is 54.1 Å². The van der Waals surface area contributed by atoms with Crippen molar-refractivity contribution in [2.75, 3.05) is 14.2 Å². The number of hydrogen-bond donors (Lipinski definition) is 0. The highest BCUT2D eigenvalue weighted by molar-refractivity contribution is 6.30. The third-order valence-electron chi connectivity index (χ3n) is 4.43. The van der Waals surface area contributed by atoms with E-state index in [0.29, 0.717) is 11.7 Å². The molecular weight excluding hydrogens is 376 g/mol. The molecule has 0 unspecified atom stereocenters. The van der Waals surface area contributed by atoms with Gasteiger partial charge in [-0.15, -0.1) is 0 Å². The van der Waals surface area contributed by atoms with Gasteiger partial charge in [-0.1, -0.05) is 11.6 Å². The van der Waals surface area contributed by atoms with Crippen molar-refractivity contribution >= 4 is 11.6 Å². The first kappa shape index (κ1) is 18.1. The summed E-state index contributed by atoms with van der Waals surface area (Å²) in [4.78, 5) is 0. The summed E-state index contributed by atoms with van der Waals surface area (Å²) in [5, 5.41) is 9.66. The Morgan fingerprint density at radius 2 is 1.50 bits per heavy atom. The molecule has 4 aromatic rings. The average Bonchev–Trinajstić information content (AvgIpc) is 3.34. The van der Waals surface area contributed by atoms with Crippen molar-refractivity contribution in [1.29, 1.82) is 0 Å². The molecule has 6 nitrogen and oxygen atoms in total. The molecule has 0 aliphatic rings. The largest absolute Gasteiger partial charge is 0.497 e. The van der Waals surface area contributed by atoms with Crippen molar-refractivity contribution < 1.29 is 9.47 Å². The predicted molar refractivity (Wildman–Crippen MR) is 109 cm³/mol. The van der Waals surface area contributed by atoms with Gasteiger partial charge in [-0.2, -0.15) is 10.2 Å². The van der Waals surface area contributed by atoms with Crippen molar-refractivity contribution in [3.8, 4) is 34.0 Å². The molecule has 0 amide bonds. The third-order valence-corrected chi connectivity index (χ3v) is 4.63. The predicted octanol–water partition coefficient (Wildman–Crippen LogP) is 4.59. The number of rotatable bonds is 6. The van der Waals surface area contributed by atoms with Gasteiger partial charge in [0.2, 0.25) is 0 Å². The van der Waals surface area contributed by atoms with Crippen LogP contribution in [0.3, 0.4) is 0 Å². The summed E-state index contributed by atoms with van der Waals surface area (Å²) in [5.41, 5.74) is 3.88. The van der Waals surface area contributed by atoms with E-state index >= 15 is 0 Å². The number of benzene rings is 2. The van der Waals surface area contributed by atoms with Crippen LogP contribution in [-0.4, -0.2) is 33.8 Å². The molecular formula is C21H19ClN4O2. The average molecular weight is 395 g/mol.